The van der Waals surface area contributed by atoms with Gasteiger partial charge in [0.2, 0.25) is 11.9 Å². The zero-order valence-electron chi connectivity index (χ0n) is 16.0. The van der Waals surface area contributed by atoms with Gasteiger partial charge in [-0.15, -0.1) is 0 Å². The highest BCUT2D eigenvalue weighted by Gasteiger charge is 2.39. The van der Waals surface area contributed by atoms with Crippen LogP contribution < -0.4 is 10.6 Å². The smallest absolute Gasteiger partial charge is 0.235 e. The Morgan fingerprint density at radius 1 is 1.00 bits per heavy atom. The molecule has 1 amide bonds. The highest BCUT2D eigenvalue weighted by molar-refractivity contribution is 6.30. The molecule has 2 heterocycles. The van der Waals surface area contributed by atoms with Crippen LogP contribution in [0.4, 0.5) is 11.6 Å². The number of aromatic nitrogens is 2. The topological polar surface area (TPSA) is 59.0 Å². The Labute approximate surface area is 179 Å². The molecular weight excluding hydrogens is 396 g/mol. The number of hydrogen-bond donors (Lipinski definition) is 2. The third kappa shape index (κ3) is 3.13. The summed E-state index contributed by atoms with van der Waals surface area (Å²) in [6.45, 7) is 4.17. The fourth-order valence-corrected chi connectivity index (χ4v) is 4.15. The number of nitrogens with zero attached hydrogens (tertiary/aromatic N) is 2. The molecule has 0 saturated heterocycles. The first-order valence-electron chi connectivity index (χ1n) is 9.66. The summed E-state index contributed by atoms with van der Waals surface area (Å²) in [6, 6.07) is 24.6. The van der Waals surface area contributed by atoms with Gasteiger partial charge in [0.15, 0.2) is 0 Å². The average Bonchev–Trinajstić information content (AvgIpc) is 3.12. The fraction of sp³-hybridized carbons (Fsp3) is 0.0833. The van der Waals surface area contributed by atoms with Gasteiger partial charge in [-0.1, -0.05) is 60.6 Å². The molecule has 1 aliphatic heterocycles. The van der Waals surface area contributed by atoms with Crippen molar-refractivity contribution in [3.8, 4) is 0 Å². The number of amides is 1. The fourth-order valence-electron chi connectivity index (χ4n) is 4.02. The van der Waals surface area contributed by atoms with Gasteiger partial charge in [0.25, 0.3) is 0 Å². The van der Waals surface area contributed by atoms with Gasteiger partial charge < -0.3 is 15.2 Å². The molecule has 6 heteroatoms. The quantitative estimate of drug-likeness (QED) is 0.467. The summed E-state index contributed by atoms with van der Waals surface area (Å²) >= 11 is 6.13. The summed E-state index contributed by atoms with van der Waals surface area (Å²) in [5, 5.41) is 6.92. The van der Waals surface area contributed by atoms with Crippen molar-refractivity contribution in [1.82, 2.24) is 9.55 Å². The van der Waals surface area contributed by atoms with Crippen LogP contribution in [0.3, 0.4) is 0 Å². The molecule has 0 saturated carbocycles. The highest BCUT2D eigenvalue weighted by atomic mass is 35.5. The minimum absolute atomic E-state index is 0.137. The zero-order chi connectivity index (χ0) is 20.7. The number of para-hydroxylation sites is 3. The van der Waals surface area contributed by atoms with E-state index in [1.54, 1.807) is 0 Å². The second-order valence-corrected chi connectivity index (χ2v) is 7.71. The van der Waals surface area contributed by atoms with E-state index in [0.717, 1.165) is 22.3 Å². The first kappa shape index (κ1) is 18.5. The molecule has 0 bridgehead atoms. The van der Waals surface area contributed by atoms with Gasteiger partial charge in [-0.25, -0.2) is 4.98 Å². The molecule has 30 heavy (non-hydrogen) atoms. The number of nitrogens with one attached hydrogen (secondary N) is 2. The largest absolute Gasteiger partial charge is 0.329 e. The number of fused-ring (bicyclic) bond motifs is 3. The molecule has 0 radical (unpaired) electrons. The van der Waals surface area contributed by atoms with Crippen LogP contribution in [0.25, 0.3) is 11.0 Å². The zero-order valence-corrected chi connectivity index (χ0v) is 16.8. The second-order valence-electron chi connectivity index (χ2n) is 7.27. The van der Waals surface area contributed by atoms with Gasteiger partial charge >= 0.3 is 0 Å². The lowest BCUT2D eigenvalue weighted by Gasteiger charge is -2.35. The van der Waals surface area contributed by atoms with Crippen LogP contribution >= 0.6 is 11.6 Å². The molecule has 0 aliphatic carbocycles. The van der Waals surface area contributed by atoms with E-state index in [4.69, 9.17) is 16.6 Å². The van der Waals surface area contributed by atoms with E-state index in [2.05, 4.69) is 21.8 Å². The summed E-state index contributed by atoms with van der Waals surface area (Å²) in [5.41, 5.74) is 4.11. The predicted octanol–water partition coefficient (Wildman–Crippen LogP) is 5.47. The van der Waals surface area contributed by atoms with Gasteiger partial charge in [-0.3, -0.25) is 4.79 Å². The number of benzene rings is 3. The first-order chi connectivity index (χ1) is 14.6. The second kappa shape index (κ2) is 7.35. The molecule has 2 N–H and O–H groups in total. The lowest BCUT2D eigenvalue weighted by atomic mass is 9.88. The molecule has 1 aromatic heterocycles. The number of imidazole rings is 1. The molecular formula is C24H19ClN4O. The van der Waals surface area contributed by atoms with Crippen LogP contribution in [-0.2, 0) is 4.79 Å². The molecule has 148 valence electrons. The maximum atomic E-state index is 13.4. The molecule has 1 aliphatic rings. The molecule has 3 aromatic carbocycles. The van der Waals surface area contributed by atoms with Crippen LogP contribution in [0.1, 0.15) is 11.6 Å². The van der Waals surface area contributed by atoms with Crippen molar-refractivity contribution >= 4 is 40.2 Å². The van der Waals surface area contributed by atoms with E-state index in [0.29, 0.717) is 16.7 Å². The lowest BCUT2D eigenvalue weighted by Crippen LogP contribution is -2.39. The van der Waals surface area contributed by atoms with Crippen molar-refractivity contribution in [2.75, 3.05) is 10.6 Å². The summed E-state index contributed by atoms with van der Waals surface area (Å²) in [6.07, 6.45) is 0. The molecule has 5 rings (SSSR count). The van der Waals surface area contributed by atoms with Crippen LogP contribution in [0, 0.1) is 5.92 Å². The summed E-state index contributed by atoms with van der Waals surface area (Å²) < 4.78 is 2.07. The van der Waals surface area contributed by atoms with E-state index in [-0.39, 0.29) is 11.9 Å². The Kier molecular flexibility index (Phi) is 4.52. The van der Waals surface area contributed by atoms with Crippen molar-refractivity contribution in [1.29, 1.82) is 0 Å². The maximum Gasteiger partial charge on any atom is 0.235 e. The predicted molar refractivity (Wildman–Crippen MR) is 121 cm³/mol. The maximum absolute atomic E-state index is 13.4. The van der Waals surface area contributed by atoms with Gasteiger partial charge in [0.1, 0.15) is 5.92 Å². The number of rotatable bonds is 3. The van der Waals surface area contributed by atoms with Crippen molar-refractivity contribution in [3.05, 3.63) is 102 Å². The minimum atomic E-state index is -0.545. The summed E-state index contributed by atoms with van der Waals surface area (Å²) in [7, 11) is 0. The van der Waals surface area contributed by atoms with E-state index < -0.39 is 5.92 Å². The van der Waals surface area contributed by atoms with Gasteiger partial charge in [0.05, 0.1) is 17.1 Å². The molecule has 0 fully saturated rings. The van der Waals surface area contributed by atoms with Gasteiger partial charge in [-0.05, 0) is 42.0 Å². The van der Waals surface area contributed by atoms with Crippen LogP contribution in [0.5, 0.6) is 0 Å². The number of halogens is 1. The minimum Gasteiger partial charge on any atom is -0.329 e. The van der Waals surface area contributed by atoms with E-state index in [1.165, 1.54) is 0 Å². The monoisotopic (exact) mass is 414 g/mol. The van der Waals surface area contributed by atoms with Crippen LogP contribution in [-0.4, -0.2) is 15.5 Å². The Hall–Kier alpha value is -3.57. The Bertz CT molecular complexity index is 1250. The lowest BCUT2D eigenvalue weighted by molar-refractivity contribution is -0.119. The van der Waals surface area contributed by atoms with E-state index in [1.807, 2.05) is 78.9 Å². The Morgan fingerprint density at radius 2 is 1.70 bits per heavy atom. The standard InChI is InChI=1S/C24H19ClN4O/c1-15-21(23(30)27-18-7-3-2-4-8-18)22(16-11-13-17(25)14-12-16)29-20-10-6-5-9-19(20)28-24(29)26-15/h2-14,21-22H,1H2,(H,26,28)(H,27,30). The van der Waals surface area contributed by atoms with E-state index >= 15 is 0 Å². The SMILES string of the molecule is C=C1Nc2nc3ccccc3n2C(c2ccc(Cl)cc2)C1C(=O)Nc1ccccc1. The number of hydrogen-bond acceptors (Lipinski definition) is 3. The third-order valence-corrected chi connectivity index (χ3v) is 5.62. The van der Waals surface area contributed by atoms with Crippen molar-refractivity contribution in [2.45, 2.75) is 6.04 Å². The van der Waals surface area contributed by atoms with Crippen molar-refractivity contribution < 1.29 is 4.79 Å². The van der Waals surface area contributed by atoms with Crippen molar-refractivity contribution in [2.24, 2.45) is 5.92 Å². The summed E-state index contributed by atoms with van der Waals surface area (Å²) in [5.74, 6) is -0.0107. The molecule has 4 aromatic rings. The third-order valence-electron chi connectivity index (χ3n) is 5.37. The molecule has 2 atom stereocenters. The van der Waals surface area contributed by atoms with Crippen LogP contribution in [0.15, 0.2) is 91.1 Å². The normalized spacial score (nSPS) is 18.0. The molecule has 2 unspecified atom stereocenters. The van der Waals surface area contributed by atoms with E-state index in [9.17, 15) is 4.79 Å². The number of carbonyl (C=O) groups is 1. The van der Waals surface area contributed by atoms with Crippen molar-refractivity contribution in [3.63, 3.8) is 0 Å². The average molecular weight is 415 g/mol. The molecule has 5 nitrogen and oxygen atoms in total. The van der Waals surface area contributed by atoms with Gasteiger partial charge in [0, 0.05) is 16.4 Å². The Balaban J connectivity index is 1.66. The summed E-state index contributed by atoms with van der Waals surface area (Å²) in [4.78, 5) is 18.1. The van der Waals surface area contributed by atoms with Gasteiger partial charge in [-0.2, -0.15) is 0 Å². The van der Waals surface area contributed by atoms with Crippen LogP contribution in [0.2, 0.25) is 5.02 Å². The number of anilines is 2. The highest BCUT2D eigenvalue weighted by Crippen LogP contribution is 2.41. The number of carbonyl (C=O) groups excluding carboxylic acids is 1. The first-order valence-corrected chi connectivity index (χ1v) is 10.0. The molecule has 0 spiro atoms. The Morgan fingerprint density at radius 3 is 2.47 bits per heavy atom.